The summed E-state index contributed by atoms with van der Waals surface area (Å²) in [5.74, 6) is 0.0144. The van der Waals surface area contributed by atoms with Gasteiger partial charge in [-0.15, -0.1) is 0 Å². The van der Waals surface area contributed by atoms with Crippen molar-refractivity contribution < 1.29 is 4.79 Å². The van der Waals surface area contributed by atoms with Crippen LogP contribution in [0.5, 0.6) is 0 Å². The van der Waals surface area contributed by atoms with Gasteiger partial charge in [-0.05, 0) is 25.3 Å². The fraction of sp³-hybridized carbons (Fsp3) is 0.533. The fourth-order valence-corrected chi connectivity index (χ4v) is 2.73. The highest BCUT2D eigenvalue weighted by Gasteiger charge is 2.36. The van der Waals surface area contributed by atoms with Crippen LogP contribution in [0, 0.1) is 0 Å². The molecule has 1 aliphatic carbocycles. The molecule has 3 heteroatoms. The molecule has 1 saturated carbocycles. The molecule has 1 fully saturated rings. The van der Waals surface area contributed by atoms with Crippen LogP contribution in [0.4, 0.5) is 0 Å². The summed E-state index contributed by atoms with van der Waals surface area (Å²) in [7, 11) is 1.88. The van der Waals surface area contributed by atoms with Gasteiger partial charge in [-0.2, -0.15) is 0 Å². The van der Waals surface area contributed by atoms with E-state index in [1.165, 1.54) is 12.8 Å². The SMILES string of the molecule is CN(C(=O)C(C)(N)c1ccccc1)C1CCCC1. The van der Waals surface area contributed by atoms with E-state index in [2.05, 4.69) is 0 Å². The molecule has 1 aromatic carbocycles. The maximum absolute atomic E-state index is 12.6. The highest BCUT2D eigenvalue weighted by atomic mass is 16.2. The maximum Gasteiger partial charge on any atom is 0.246 e. The van der Waals surface area contributed by atoms with Crippen molar-refractivity contribution in [1.29, 1.82) is 0 Å². The summed E-state index contributed by atoms with van der Waals surface area (Å²) in [6.07, 6.45) is 4.64. The van der Waals surface area contributed by atoms with Crippen LogP contribution >= 0.6 is 0 Å². The number of rotatable bonds is 3. The van der Waals surface area contributed by atoms with E-state index < -0.39 is 5.54 Å². The van der Waals surface area contributed by atoms with Crippen molar-refractivity contribution in [3.63, 3.8) is 0 Å². The molecule has 3 nitrogen and oxygen atoms in total. The lowest BCUT2D eigenvalue weighted by Crippen LogP contribution is -2.52. The average Bonchev–Trinajstić information content (AvgIpc) is 2.92. The van der Waals surface area contributed by atoms with E-state index in [0.29, 0.717) is 6.04 Å². The predicted octanol–water partition coefficient (Wildman–Crippen LogP) is 2.26. The summed E-state index contributed by atoms with van der Waals surface area (Å²) >= 11 is 0. The quantitative estimate of drug-likeness (QED) is 0.889. The standard InChI is InChI=1S/C15H22N2O/c1-15(16,12-8-4-3-5-9-12)14(18)17(2)13-10-6-7-11-13/h3-5,8-9,13H,6-7,10-11,16H2,1-2H3. The highest BCUT2D eigenvalue weighted by Crippen LogP contribution is 2.27. The number of carbonyl (C=O) groups excluding carboxylic acids is 1. The van der Waals surface area contributed by atoms with E-state index in [0.717, 1.165) is 18.4 Å². The summed E-state index contributed by atoms with van der Waals surface area (Å²) < 4.78 is 0. The number of amides is 1. The molecule has 1 aromatic rings. The molecule has 1 unspecified atom stereocenters. The van der Waals surface area contributed by atoms with E-state index in [9.17, 15) is 4.79 Å². The first-order valence-electron chi connectivity index (χ1n) is 6.65. The second-order valence-electron chi connectivity index (χ2n) is 5.42. The molecule has 18 heavy (non-hydrogen) atoms. The molecular formula is C15H22N2O. The lowest BCUT2D eigenvalue weighted by atomic mass is 9.91. The Morgan fingerprint density at radius 3 is 2.39 bits per heavy atom. The van der Waals surface area contributed by atoms with Gasteiger partial charge < -0.3 is 10.6 Å². The Morgan fingerprint density at radius 2 is 1.83 bits per heavy atom. The van der Waals surface area contributed by atoms with Crippen LogP contribution in [-0.2, 0) is 10.3 Å². The number of benzene rings is 1. The van der Waals surface area contributed by atoms with Gasteiger partial charge in [0.15, 0.2) is 0 Å². The Kier molecular flexibility index (Phi) is 3.71. The van der Waals surface area contributed by atoms with Crippen molar-refractivity contribution in [2.45, 2.75) is 44.2 Å². The molecule has 1 atom stereocenters. The number of hydrogen-bond donors (Lipinski definition) is 1. The largest absolute Gasteiger partial charge is 0.341 e. The summed E-state index contributed by atoms with van der Waals surface area (Å²) in [6.45, 7) is 1.80. The van der Waals surface area contributed by atoms with Gasteiger partial charge in [0.2, 0.25) is 5.91 Å². The summed E-state index contributed by atoms with van der Waals surface area (Å²) in [6, 6.07) is 9.97. The van der Waals surface area contributed by atoms with E-state index >= 15 is 0 Å². The molecule has 1 amide bonds. The highest BCUT2D eigenvalue weighted by molar-refractivity contribution is 5.87. The zero-order chi connectivity index (χ0) is 13.2. The third kappa shape index (κ3) is 2.41. The van der Waals surface area contributed by atoms with Gasteiger partial charge in [-0.25, -0.2) is 0 Å². The van der Waals surface area contributed by atoms with Crippen molar-refractivity contribution in [2.75, 3.05) is 7.05 Å². The maximum atomic E-state index is 12.6. The Morgan fingerprint density at radius 1 is 1.28 bits per heavy atom. The summed E-state index contributed by atoms with van der Waals surface area (Å²) in [5.41, 5.74) is 6.20. The number of carbonyl (C=O) groups is 1. The van der Waals surface area contributed by atoms with E-state index in [4.69, 9.17) is 5.73 Å². The Bertz CT molecular complexity index is 408. The summed E-state index contributed by atoms with van der Waals surface area (Å²) in [5, 5.41) is 0. The smallest absolute Gasteiger partial charge is 0.246 e. The molecule has 1 aliphatic rings. The number of likely N-dealkylation sites (N-methyl/N-ethyl adjacent to an activating group) is 1. The lowest BCUT2D eigenvalue weighted by Gasteiger charge is -2.33. The Hall–Kier alpha value is -1.35. The third-order valence-corrected chi connectivity index (χ3v) is 4.01. The zero-order valence-corrected chi connectivity index (χ0v) is 11.2. The van der Waals surface area contributed by atoms with Gasteiger partial charge in [-0.1, -0.05) is 43.2 Å². The zero-order valence-electron chi connectivity index (χ0n) is 11.2. The number of nitrogens with two attached hydrogens (primary N) is 1. The molecule has 0 aromatic heterocycles. The molecular weight excluding hydrogens is 224 g/mol. The van der Waals surface area contributed by atoms with Crippen LogP contribution in [0.15, 0.2) is 30.3 Å². The molecule has 98 valence electrons. The predicted molar refractivity (Wildman–Crippen MR) is 73.0 cm³/mol. The molecule has 0 aliphatic heterocycles. The van der Waals surface area contributed by atoms with Crippen LogP contribution in [0.25, 0.3) is 0 Å². The van der Waals surface area contributed by atoms with Gasteiger partial charge in [0.05, 0.1) is 0 Å². The monoisotopic (exact) mass is 246 g/mol. The molecule has 0 heterocycles. The molecule has 0 spiro atoms. The number of nitrogens with zero attached hydrogens (tertiary/aromatic N) is 1. The minimum atomic E-state index is -0.932. The Balaban J connectivity index is 2.16. The second kappa shape index (κ2) is 5.11. The van der Waals surface area contributed by atoms with Crippen molar-refractivity contribution in [1.82, 2.24) is 4.90 Å². The molecule has 0 bridgehead atoms. The molecule has 0 radical (unpaired) electrons. The normalized spacial score (nSPS) is 19.5. The minimum Gasteiger partial charge on any atom is -0.341 e. The van der Waals surface area contributed by atoms with Gasteiger partial charge in [-0.3, -0.25) is 4.79 Å². The van der Waals surface area contributed by atoms with Crippen LogP contribution in [0.2, 0.25) is 0 Å². The number of hydrogen-bond acceptors (Lipinski definition) is 2. The van der Waals surface area contributed by atoms with Crippen molar-refractivity contribution >= 4 is 5.91 Å². The van der Waals surface area contributed by atoms with E-state index in [1.54, 1.807) is 6.92 Å². The van der Waals surface area contributed by atoms with Crippen molar-refractivity contribution in [2.24, 2.45) is 5.73 Å². The first-order chi connectivity index (χ1) is 8.53. The average molecular weight is 246 g/mol. The van der Waals surface area contributed by atoms with Crippen LogP contribution in [0.1, 0.15) is 38.2 Å². The van der Waals surface area contributed by atoms with Gasteiger partial charge >= 0.3 is 0 Å². The molecule has 2 N–H and O–H groups in total. The van der Waals surface area contributed by atoms with Gasteiger partial charge in [0.25, 0.3) is 0 Å². The first-order valence-corrected chi connectivity index (χ1v) is 6.65. The molecule has 0 saturated heterocycles. The van der Waals surface area contributed by atoms with Crippen molar-refractivity contribution in [3.8, 4) is 0 Å². The second-order valence-corrected chi connectivity index (χ2v) is 5.42. The first kappa shape index (κ1) is 13.1. The van der Waals surface area contributed by atoms with E-state index in [1.807, 2.05) is 42.3 Å². The van der Waals surface area contributed by atoms with E-state index in [-0.39, 0.29) is 5.91 Å². The summed E-state index contributed by atoms with van der Waals surface area (Å²) in [4.78, 5) is 14.4. The fourth-order valence-electron chi connectivity index (χ4n) is 2.73. The van der Waals surface area contributed by atoms with Crippen LogP contribution < -0.4 is 5.73 Å². The van der Waals surface area contributed by atoms with Gasteiger partial charge in [0.1, 0.15) is 5.54 Å². The van der Waals surface area contributed by atoms with Crippen LogP contribution in [0.3, 0.4) is 0 Å². The third-order valence-electron chi connectivity index (χ3n) is 4.01. The van der Waals surface area contributed by atoms with Crippen LogP contribution in [-0.4, -0.2) is 23.9 Å². The lowest BCUT2D eigenvalue weighted by molar-refractivity contribution is -0.137. The Labute approximate surface area is 109 Å². The van der Waals surface area contributed by atoms with Gasteiger partial charge in [0, 0.05) is 13.1 Å². The topological polar surface area (TPSA) is 46.3 Å². The van der Waals surface area contributed by atoms with Crippen molar-refractivity contribution in [3.05, 3.63) is 35.9 Å². The minimum absolute atomic E-state index is 0.0144. The molecule has 2 rings (SSSR count).